The van der Waals surface area contributed by atoms with E-state index in [4.69, 9.17) is 11.6 Å². The van der Waals surface area contributed by atoms with Crippen LogP contribution in [0.2, 0.25) is 4.34 Å². The lowest BCUT2D eigenvalue weighted by Crippen LogP contribution is -2.19. The highest BCUT2D eigenvalue weighted by Gasteiger charge is 2.19. The zero-order valence-corrected chi connectivity index (χ0v) is 14.3. The fraction of sp³-hybridized carbons (Fsp3) is 0.176. The first-order valence-electron chi connectivity index (χ1n) is 7.25. The minimum atomic E-state index is -0.246. The van der Waals surface area contributed by atoms with Crippen molar-refractivity contribution in [1.29, 1.82) is 0 Å². The van der Waals surface area contributed by atoms with Gasteiger partial charge in [0.25, 0.3) is 5.91 Å². The zero-order chi connectivity index (χ0) is 16.4. The molecule has 2 N–H and O–H groups in total. The molecule has 0 unspecified atom stereocenters. The molecular formula is C17H16ClN3OS. The Labute approximate surface area is 143 Å². The van der Waals surface area contributed by atoms with Gasteiger partial charge < -0.3 is 4.98 Å². The number of rotatable bonds is 4. The molecule has 0 atom stereocenters. The fourth-order valence-electron chi connectivity index (χ4n) is 2.55. The number of thiophene rings is 1. The molecule has 23 heavy (non-hydrogen) atoms. The third-order valence-electron chi connectivity index (χ3n) is 3.50. The summed E-state index contributed by atoms with van der Waals surface area (Å²) >= 11 is 7.27. The quantitative estimate of drug-likeness (QED) is 0.519. The van der Waals surface area contributed by atoms with Crippen LogP contribution < -0.4 is 5.43 Å². The van der Waals surface area contributed by atoms with Crippen LogP contribution in [-0.4, -0.2) is 17.1 Å². The van der Waals surface area contributed by atoms with E-state index in [1.54, 1.807) is 12.3 Å². The number of hydrogen-bond donors (Lipinski definition) is 2. The summed E-state index contributed by atoms with van der Waals surface area (Å²) in [5.41, 5.74) is 5.09. The second-order valence-corrected chi connectivity index (χ2v) is 7.20. The molecule has 1 aromatic carbocycles. The van der Waals surface area contributed by atoms with Gasteiger partial charge in [0, 0.05) is 15.8 Å². The van der Waals surface area contributed by atoms with Gasteiger partial charge in [-0.15, -0.1) is 11.3 Å². The predicted molar refractivity (Wildman–Crippen MR) is 96.8 cm³/mol. The summed E-state index contributed by atoms with van der Waals surface area (Å²) in [6.07, 6.45) is 1.59. The third-order valence-corrected chi connectivity index (χ3v) is 4.67. The number of nitrogens with one attached hydrogen (secondary N) is 2. The average Bonchev–Trinajstić information content (AvgIpc) is 3.10. The number of para-hydroxylation sites is 1. The van der Waals surface area contributed by atoms with Gasteiger partial charge in [0.1, 0.15) is 5.69 Å². The summed E-state index contributed by atoms with van der Waals surface area (Å²) < 4.78 is 0.690. The number of hydrazone groups is 1. The van der Waals surface area contributed by atoms with Gasteiger partial charge in [0.05, 0.1) is 10.6 Å². The third kappa shape index (κ3) is 3.30. The molecule has 118 valence electrons. The Bertz CT molecular complexity index is 879. The van der Waals surface area contributed by atoms with E-state index < -0.39 is 0 Å². The Kier molecular flexibility index (Phi) is 4.50. The van der Waals surface area contributed by atoms with E-state index in [0.29, 0.717) is 10.0 Å². The highest BCUT2D eigenvalue weighted by Crippen LogP contribution is 2.29. The van der Waals surface area contributed by atoms with Crippen molar-refractivity contribution in [2.45, 2.75) is 19.8 Å². The second-order valence-electron chi connectivity index (χ2n) is 5.45. The van der Waals surface area contributed by atoms with E-state index in [1.165, 1.54) is 11.3 Å². The van der Waals surface area contributed by atoms with Gasteiger partial charge in [-0.25, -0.2) is 5.43 Å². The van der Waals surface area contributed by atoms with Crippen LogP contribution in [0.4, 0.5) is 0 Å². The van der Waals surface area contributed by atoms with Crippen LogP contribution in [0.25, 0.3) is 10.9 Å². The number of aromatic nitrogens is 1. The summed E-state index contributed by atoms with van der Waals surface area (Å²) in [7, 11) is 0. The normalized spacial score (nSPS) is 11.7. The summed E-state index contributed by atoms with van der Waals surface area (Å²) in [6.45, 7) is 4.15. The van der Waals surface area contributed by atoms with Crippen molar-refractivity contribution >= 4 is 46.0 Å². The maximum atomic E-state index is 12.5. The molecule has 0 radical (unpaired) electrons. The Morgan fingerprint density at radius 1 is 1.30 bits per heavy atom. The molecule has 4 nitrogen and oxygen atoms in total. The lowest BCUT2D eigenvalue weighted by atomic mass is 9.99. The van der Waals surface area contributed by atoms with Gasteiger partial charge >= 0.3 is 0 Å². The van der Waals surface area contributed by atoms with Gasteiger partial charge in [-0.1, -0.05) is 43.6 Å². The van der Waals surface area contributed by atoms with Crippen molar-refractivity contribution in [3.05, 3.63) is 56.9 Å². The Morgan fingerprint density at radius 3 is 2.78 bits per heavy atom. The number of nitrogens with zero attached hydrogens (tertiary/aromatic N) is 1. The zero-order valence-electron chi connectivity index (χ0n) is 12.8. The number of halogens is 1. The molecule has 0 spiro atoms. The highest BCUT2D eigenvalue weighted by molar-refractivity contribution is 7.17. The maximum Gasteiger partial charge on any atom is 0.288 e. The molecule has 0 fully saturated rings. The molecule has 2 heterocycles. The summed E-state index contributed by atoms with van der Waals surface area (Å²) in [4.78, 5) is 16.5. The molecule has 0 aliphatic carbocycles. The smallest absolute Gasteiger partial charge is 0.288 e. The molecule has 0 aliphatic rings. The van der Waals surface area contributed by atoms with E-state index in [1.807, 2.05) is 30.3 Å². The minimum Gasteiger partial charge on any atom is -0.350 e. The lowest BCUT2D eigenvalue weighted by Gasteiger charge is -2.06. The van der Waals surface area contributed by atoms with E-state index in [-0.39, 0.29) is 11.8 Å². The maximum absolute atomic E-state index is 12.5. The fourth-order valence-corrected chi connectivity index (χ4v) is 3.48. The van der Waals surface area contributed by atoms with E-state index >= 15 is 0 Å². The van der Waals surface area contributed by atoms with Gasteiger partial charge in [-0.3, -0.25) is 4.79 Å². The number of H-pyrrole nitrogens is 1. The Balaban J connectivity index is 1.86. The number of carbonyl (C=O) groups is 1. The lowest BCUT2D eigenvalue weighted by molar-refractivity contribution is 0.0949. The highest BCUT2D eigenvalue weighted by atomic mass is 35.5. The van der Waals surface area contributed by atoms with Crippen molar-refractivity contribution in [3.8, 4) is 0 Å². The molecule has 3 aromatic rings. The predicted octanol–water partition coefficient (Wildman–Crippen LogP) is 4.77. The molecular weight excluding hydrogens is 330 g/mol. The van der Waals surface area contributed by atoms with Crippen molar-refractivity contribution in [1.82, 2.24) is 10.4 Å². The first-order valence-corrected chi connectivity index (χ1v) is 8.45. The average molecular weight is 346 g/mol. The van der Waals surface area contributed by atoms with E-state index in [9.17, 15) is 4.79 Å². The number of aromatic amines is 1. The van der Waals surface area contributed by atoms with Crippen molar-refractivity contribution in [2.24, 2.45) is 5.10 Å². The van der Waals surface area contributed by atoms with E-state index in [0.717, 1.165) is 21.3 Å². The molecule has 2 aromatic heterocycles. The Morgan fingerprint density at radius 2 is 2.09 bits per heavy atom. The molecule has 0 bridgehead atoms. The molecule has 1 amide bonds. The van der Waals surface area contributed by atoms with E-state index in [2.05, 4.69) is 29.4 Å². The largest absolute Gasteiger partial charge is 0.350 e. The minimum absolute atomic E-state index is 0.229. The molecule has 0 aliphatic heterocycles. The molecule has 0 saturated carbocycles. The molecule has 0 saturated heterocycles. The number of amides is 1. The number of hydrogen-bond acceptors (Lipinski definition) is 3. The van der Waals surface area contributed by atoms with Crippen molar-refractivity contribution in [2.75, 3.05) is 0 Å². The number of fused-ring (bicyclic) bond motifs is 1. The summed E-state index contributed by atoms with van der Waals surface area (Å²) in [5, 5.41) is 5.08. The summed E-state index contributed by atoms with van der Waals surface area (Å²) in [6, 6.07) is 11.6. The van der Waals surface area contributed by atoms with Gasteiger partial charge in [0.15, 0.2) is 0 Å². The van der Waals surface area contributed by atoms with Crippen LogP contribution in [-0.2, 0) is 0 Å². The second kappa shape index (κ2) is 6.56. The molecule has 6 heteroatoms. The Hall–Kier alpha value is -2.11. The summed E-state index contributed by atoms with van der Waals surface area (Å²) in [5.74, 6) is -0.0178. The van der Waals surface area contributed by atoms with Crippen LogP contribution in [0, 0.1) is 0 Å². The number of benzene rings is 1. The van der Waals surface area contributed by atoms with Gasteiger partial charge in [0.2, 0.25) is 0 Å². The van der Waals surface area contributed by atoms with Crippen molar-refractivity contribution < 1.29 is 4.79 Å². The van der Waals surface area contributed by atoms with Crippen molar-refractivity contribution in [3.63, 3.8) is 0 Å². The van der Waals surface area contributed by atoms with Gasteiger partial charge in [-0.05, 0) is 29.7 Å². The SMILES string of the molecule is CC(C)c1c(C(=O)N/N=C\c2ccc(Cl)s2)[nH]c2ccccc12. The first kappa shape index (κ1) is 15.8. The van der Waals surface area contributed by atoms with Crippen LogP contribution in [0.1, 0.15) is 40.7 Å². The van der Waals surface area contributed by atoms with Crippen LogP contribution in [0.3, 0.4) is 0 Å². The van der Waals surface area contributed by atoms with Crippen LogP contribution >= 0.6 is 22.9 Å². The molecule has 3 rings (SSSR count). The first-order chi connectivity index (χ1) is 11.1. The van der Waals surface area contributed by atoms with Crippen LogP contribution in [0.15, 0.2) is 41.5 Å². The van der Waals surface area contributed by atoms with Crippen LogP contribution in [0.5, 0.6) is 0 Å². The monoisotopic (exact) mass is 345 g/mol. The topological polar surface area (TPSA) is 57.2 Å². The standard InChI is InChI=1S/C17H16ClN3OS/c1-10(2)15-12-5-3-4-6-13(12)20-16(15)17(22)21-19-9-11-7-8-14(18)23-11/h3-10,20H,1-2H3,(H,21,22)/b19-9-. The van der Waals surface area contributed by atoms with Gasteiger partial charge in [-0.2, -0.15) is 5.10 Å². The number of carbonyl (C=O) groups excluding carboxylic acids is 1.